The number of allylic oxidation sites excluding steroid dienone is 2. The first-order valence-corrected chi connectivity index (χ1v) is 10.3. The predicted molar refractivity (Wildman–Crippen MR) is 119 cm³/mol. The van der Waals surface area contributed by atoms with Crippen molar-refractivity contribution in [1.29, 1.82) is 0 Å². The lowest BCUT2D eigenvalue weighted by molar-refractivity contribution is 0.0985. The summed E-state index contributed by atoms with van der Waals surface area (Å²) in [4.78, 5) is 11.9. The number of nitrogens with zero attached hydrogens (tertiary/aromatic N) is 6. The molecule has 160 valence electrons. The van der Waals surface area contributed by atoms with Gasteiger partial charge < -0.3 is 18.9 Å². The van der Waals surface area contributed by atoms with Crippen molar-refractivity contribution in [2.75, 3.05) is 45.4 Å². The number of anilines is 1. The SMILES string of the molecule is C=C1C(C)=CC(c2nc3cnc(N4CCOC[C@@H]4C)cc3n2[C@@H](C)COC)=NN1C. The largest absolute Gasteiger partial charge is 0.383 e. The number of likely N-dealkylation sites (N-methyl/N-ethyl adjacent to an activating group) is 1. The van der Waals surface area contributed by atoms with Crippen LogP contribution < -0.4 is 4.90 Å². The van der Waals surface area contributed by atoms with Crippen LogP contribution in [0.25, 0.3) is 11.0 Å². The smallest absolute Gasteiger partial charge is 0.162 e. The summed E-state index contributed by atoms with van der Waals surface area (Å²) < 4.78 is 13.3. The monoisotopic (exact) mass is 410 g/mol. The van der Waals surface area contributed by atoms with Crippen LogP contribution in [0, 0.1) is 0 Å². The lowest BCUT2D eigenvalue weighted by Gasteiger charge is -2.34. The number of aromatic nitrogens is 3. The molecular weight excluding hydrogens is 380 g/mol. The fourth-order valence-electron chi connectivity index (χ4n) is 4.06. The first kappa shape index (κ1) is 20.6. The lowest BCUT2D eigenvalue weighted by Crippen LogP contribution is -2.44. The van der Waals surface area contributed by atoms with Crippen molar-refractivity contribution in [2.45, 2.75) is 32.9 Å². The van der Waals surface area contributed by atoms with Crippen LogP contribution in [0.4, 0.5) is 5.82 Å². The van der Waals surface area contributed by atoms with E-state index in [-0.39, 0.29) is 12.1 Å². The van der Waals surface area contributed by atoms with Gasteiger partial charge in [-0.2, -0.15) is 5.10 Å². The van der Waals surface area contributed by atoms with Crippen molar-refractivity contribution < 1.29 is 9.47 Å². The molecule has 0 unspecified atom stereocenters. The molecule has 8 nitrogen and oxygen atoms in total. The molecule has 2 aromatic rings. The molecule has 2 aromatic heterocycles. The summed E-state index contributed by atoms with van der Waals surface area (Å²) in [7, 11) is 3.63. The van der Waals surface area contributed by atoms with E-state index in [0.717, 1.165) is 46.2 Å². The molecule has 0 aromatic carbocycles. The molecule has 0 saturated carbocycles. The summed E-state index contributed by atoms with van der Waals surface area (Å²) in [6, 6.07) is 2.49. The van der Waals surface area contributed by atoms with E-state index < -0.39 is 0 Å². The Kier molecular flexibility index (Phi) is 5.62. The van der Waals surface area contributed by atoms with Crippen LogP contribution in [0.5, 0.6) is 0 Å². The van der Waals surface area contributed by atoms with Gasteiger partial charge in [0.15, 0.2) is 5.82 Å². The third kappa shape index (κ3) is 3.61. The Labute approximate surface area is 177 Å². The normalized spacial score (nSPS) is 21.1. The molecule has 0 bridgehead atoms. The lowest BCUT2D eigenvalue weighted by atomic mass is 10.1. The van der Waals surface area contributed by atoms with Crippen LogP contribution in [-0.2, 0) is 9.47 Å². The van der Waals surface area contributed by atoms with Crippen LogP contribution in [0.1, 0.15) is 32.6 Å². The summed E-state index contributed by atoms with van der Waals surface area (Å²) in [6.07, 6.45) is 3.90. The molecule has 2 atom stereocenters. The van der Waals surface area contributed by atoms with E-state index in [2.05, 4.69) is 36.0 Å². The molecule has 30 heavy (non-hydrogen) atoms. The minimum atomic E-state index is 0.0826. The third-order valence-corrected chi connectivity index (χ3v) is 5.76. The van der Waals surface area contributed by atoms with E-state index >= 15 is 0 Å². The highest BCUT2D eigenvalue weighted by molar-refractivity contribution is 6.09. The van der Waals surface area contributed by atoms with Gasteiger partial charge in [0.1, 0.15) is 17.0 Å². The Balaban J connectivity index is 1.85. The van der Waals surface area contributed by atoms with Gasteiger partial charge in [-0.25, -0.2) is 9.97 Å². The number of ether oxygens (including phenoxy) is 2. The standard InChI is InChI=1S/C22H30N6O2/c1-14-9-18(25-26(5)17(14)4)22-24-19-11-23-21(27-7-8-30-13-15(27)2)10-20(19)28(22)16(3)12-29-6/h9-11,15-16H,4,7-8,12-13H2,1-3,5-6H3/t15-,16-/m0/s1. The van der Waals surface area contributed by atoms with Crippen LogP contribution >= 0.6 is 0 Å². The van der Waals surface area contributed by atoms with Gasteiger partial charge in [-0.15, -0.1) is 0 Å². The molecule has 4 rings (SSSR count). The summed E-state index contributed by atoms with van der Waals surface area (Å²) in [5.74, 6) is 1.75. The molecule has 2 aliphatic heterocycles. The quantitative estimate of drug-likeness (QED) is 0.755. The Bertz CT molecular complexity index is 1020. The van der Waals surface area contributed by atoms with E-state index in [9.17, 15) is 0 Å². The molecule has 0 spiro atoms. The Hall–Kier alpha value is -2.71. The number of methoxy groups -OCH3 is 1. The molecule has 1 fully saturated rings. The zero-order valence-corrected chi connectivity index (χ0v) is 18.4. The Morgan fingerprint density at radius 3 is 2.90 bits per heavy atom. The van der Waals surface area contributed by atoms with Gasteiger partial charge in [0, 0.05) is 26.8 Å². The Morgan fingerprint density at radius 2 is 2.20 bits per heavy atom. The maximum atomic E-state index is 5.59. The fourth-order valence-corrected chi connectivity index (χ4v) is 4.06. The average Bonchev–Trinajstić information content (AvgIpc) is 3.11. The number of imidazole rings is 1. The van der Waals surface area contributed by atoms with Crippen LogP contribution in [0.15, 0.2) is 41.3 Å². The van der Waals surface area contributed by atoms with Gasteiger partial charge in [0.2, 0.25) is 0 Å². The Morgan fingerprint density at radius 1 is 1.40 bits per heavy atom. The van der Waals surface area contributed by atoms with Crippen molar-refractivity contribution in [3.8, 4) is 0 Å². The minimum absolute atomic E-state index is 0.0826. The summed E-state index contributed by atoms with van der Waals surface area (Å²) in [5, 5.41) is 6.51. The third-order valence-electron chi connectivity index (χ3n) is 5.76. The molecule has 0 N–H and O–H groups in total. The zero-order valence-electron chi connectivity index (χ0n) is 18.4. The maximum absolute atomic E-state index is 5.59. The number of rotatable bonds is 5. The molecule has 2 aliphatic rings. The predicted octanol–water partition coefficient (Wildman–Crippen LogP) is 2.97. The second kappa shape index (κ2) is 8.20. The van der Waals surface area contributed by atoms with Gasteiger partial charge in [0.25, 0.3) is 0 Å². The summed E-state index contributed by atoms with van der Waals surface area (Å²) >= 11 is 0. The highest BCUT2D eigenvalue weighted by Gasteiger charge is 2.25. The topological polar surface area (TPSA) is 68.0 Å². The number of hydrazone groups is 1. The second-order valence-corrected chi connectivity index (χ2v) is 8.04. The molecule has 0 amide bonds. The second-order valence-electron chi connectivity index (χ2n) is 8.04. The number of hydrogen-bond acceptors (Lipinski definition) is 7. The highest BCUT2D eigenvalue weighted by Crippen LogP contribution is 2.28. The first-order chi connectivity index (χ1) is 14.4. The van der Waals surface area contributed by atoms with Crippen molar-refractivity contribution in [3.05, 3.63) is 42.0 Å². The zero-order chi connectivity index (χ0) is 21.4. The minimum Gasteiger partial charge on any atom is -0.383 e. The molecule has 8 heteroatoms. The van der Waals surface area contributed by atoms with E-state index in [0.29, 0.717) is 19.8 Å². The summed E-state index contributed by atoms with van der Waals surface area (Å²) in [5.41, 5.74) is 4.64. The van der Waals surface area contributed by atoms with Crippen molar-refractivity contribution in [2.24, 2.45) is 5.10 Å². The van der Waals surface area contributed by atoms with Gasteiger partial charge in [0.05, 0.1) is 49.3 Å². The molecule has 0 aliphatic carbocycles. The van der Waals surface area contributed by atoms with E-state index in [1.165, 1.54) is 0 Å². The van der Waals surface area contributed by atoms with Crippen LogP contribution in [0.3, 0.4) is 0 Å². The fraction of sp³-hybridized carbons (Fsp3) is 0.500. The first-order valence-electron chi connectivity index (χ1n) is 10.3. The van der Waals surface area contributed by atoms with Gasteiger partial charge in [-0.05, 0) is 32.4 Å². The van der Waals surface area contributed by atoms with E-state index in [4.69, 9.17) is 24.5 Å². The number of fused-ring (bicyclic) bond motifs is 1. The number of morpholine rings is 1. The van der Waals surface area contributed by atoms with Crippen LogP contribution in [-0.4, -0.2) is 71.8 Å². The number of pyridine rings is 1. The molecular formula is C22H30N6O2. The average molecular weight is 411 g/mol. The molecule has 1 saturated heterocycles. The van der Waals surface area contributed by atoms with E-state index in [1.807, 2.05) is 26.2 Å². The van der Waals surface area contributed by atoms with Crippen LogP contribution in [0.2, 0.25) is 0 Å². The van der Waals surface area contributed by atoms with E-state index in [1.54, 1.807) is 12.1 Å². The van der Waals surface area contributed by atoms with Gasteiger partial charge in [-0.3, -0.25) is 5.01 Å². The van der Waals surface area contributed by atoms with Gasteiger partial charge >= 0.3 is 0 Å². The van der Waals surface area contributed by atoms with Crippen molar-refractivity contribution in [3.63, 3.8) is 0 Å². The highest BCUT2D eigenvalue weighted by atomic mass is 16.5. The maximum Gasteiger partial charge on any atom is 0.162 e. The van der Waals surface area contributed by atoms with Crippen molar-refractivity contribution in [1.82, 2.24) is 19.5 Å². The molecule has 0 radical (unpaired) electrons. The van der Waals surface area contributed by atoms with Crippen molar-refractivity contribution >= 4 is 22.6 Å². The molecule has 4 heterocycles. The summed E-state index contributed by atoms with van der Waals surface area (Å²) in [6.45, 7) is 13.2. The number of hydrogen-bond donors (Lipinski definition) is 0. The van der Waals surface area contributed by atoms with Gasteiger partial charge in [-0.1, -0.05) is 6.58 Å².